The number of benzene rings is 1. The van der Waals surface area contributed by atoms with Crippen LogP contribution in [0.2, 0.25) is 0 Å². The van der Waals surface area contributed by atoms with Crippen LogP contribution in [0.1, 0.15) is 70.9 Å². The van der Waals surface area contributed by atoms with Crippen LogP contribution in [0.25, 0.3) is 0 Å². The highest BCUT2D eigenvalue weighted by atomic mass is 16.2. The van der Waals surface area contributed by atoms with Gasteiger partial charge < -0.3 is 0 Å². The predicted octanol–water partition coefficient (Wildman–Crippen LogP) is 4.42. The highest BCUT2D eigenvalue weighted by molar-refractivity contribution is 6.01. The molecule has 0 bridgehead atoms. The minimum absolute atomic E-state index is 0.0640. The van der Waals surface area contributed by atoms with Gasteiger partial charge in [0.05, 0.1) is 0 Å². The molecule has 1 aromatic rings. The summed E-state index contributed by atoms with van der Waals surface area (Å²) in [5, 5.41) is 3.53. The molecule has 2 aliphatic rings. The molecule has 1 amide bonds. The number of nitrogens with zero attached hydrogens (tertiary/aromatic N) is 2. The molecule has 146 valence electrons. The summed E-state index contributed by atoms with van der Waals surface area (Å²) in [6, 6.07) is 8.47. The average molecular weight is 369 g/mol. The van der Waals surface area contributed by atoms with E-state index in [1.54, 1.807) is 5.01 Å². The van der Waals surface area contributed by atoms with Crippen molar-refractivity contribution in [2.45, 2.75) is 65.2 Å². The van der Waals surface area contributed by atoms with Gasteiger partial charge in [0, 0.05) is 44.1 Å². The third kappa shape index (κ3) is 3.73. The van der Waals surface area contributed by atoms with Crippen molar-refractivity contribution >= 4 is 11.7 Å². The summed E-state index contributed by atoms with van der Waals surface area (Å²) >= 11 is 0. The molecule has 1 heterocycles. The first-order valence-corrected chi connectivity index (χ1v) is 9.77. The number of carbonyl (C=O) groups excluding carboxylic acids is 2. The van der Waals surface area contributed by atoms with E-state index < -0.39 is 0 Å². The van der Waals surface area contributed by atoms with Gasteiger partial charge in [-0.15, -0.1) is 0 Å². The molecule has 27 heavy (non-hydrogen) atoms. The van der Waals surface area contributed by atoms with Crippen LogP contribution in [-0.4, -0.2) is 35.8 Å². The lowest BCUT2D eigenvalue weighted by atomic mass is 9.69. The van der Waals surface area contributed by atoms with E-state index in [0.717, 1.165) is 23.3 Å². The monoisotopic (exact) mass is 368 g/mol. The third-order valence-electron chi connectivity index (χ3n) is 5.69. The second-order valence-corrected chi connectivity index (χ2v) is 9.98. The summed E-state index contributed by atoms with van der Waals surface area (Å²) in [5.74, 6) is 0.112. The SMILES string of the molecule is CN(C)N1C(=O)C[C@@H](c2ccc(C(C)(C)C)cc2)C2=C1CC(C)(C)CC2=O. The molecule has 4 heteroatoms. The summed E-state index contributed by atoms with van der Waals surface area (Å²) in [4.78, 5) is 26.1. The summed E-state index contributed by atoms with van der Waals surface area (Å²) < 4.78 is 0. The zero-order valence-corrected chi connectivity index (χ0v) is 17.7. The van der Waals surface area contributed by atoms with Crippen LogP contribution in [0.3, 0.4) is 0 Å². The van der Waals surface area contributed by atoms with Crippen molar-refractivity contribution in [3.8, 4) is 0 Å². The zero-order valence-electron chi connectivity index (χ0n) is 17.7. The Morgan fingerprint density at radius 3 is 2.15 bits per heavy atom. The maximum Gasteiger partial charge on any atom is 0.242 e. The van der Waals surface area contributed by atoms with Gasteiger partial charge in [0.15, 0.2) is 5.78 Å². The van der Waals surface area contributed by atoms with Gasteiger partial charge in [-0.3, -0.25) is 9.59 Å². The normalized spacial score (nSPS) is 23.1. The molecule has 0 saturated carbocycles. The van der Waals surface area contributed by atoms with Crippen molar-refractivity contribution in [1.29, 1.82) is 0 Å². The van der Waals surface area contributed by atoms with E-state index in [4.69, 9.17) is 0 Å². The number of Topliss-reactive ketones (excluding diaryl/α,β-unsaturated/α-hetero) is 1. The molecular weight excluding hydrogens is 336 g/mol. The molecule has 0 aromatic heterocycles. The predicted molar refractivity (Wildman–Crippen MR) is 108 cm³/mol. The van der Waals surface area contributed by atoms with Gasteiger partial charge in [-0.05, 0) is 28.4 Å². The highest BCUT2D eigenvalue weighted by Gasteiger charge is 2.44. The van der Waals surface area contributed by atoms with Gasteiger partial charge in [-0.25, -0.2) is 10.0 Å². The first-order valence-electron chi connectivity index (χ1n) is 9.77. The molecule has 1 aromatic carbocycles. The van der Waals surface area contributed by atoms with E-state index in [2.05, 4.69) is 58.9 Å². The van der Waals surface area contributed by atoms with E-state index in [0.29, 0.717) is 12.8 Å². The van der Waals surface area contributed by atoms with Gasteiger partial charge in [0.2, 0.25) is 5.91 Å². The van der Waals surface area contributed by atoms with Crippen LogP contribution in [0.15, 0.2) is 35.5 Å². The fourth-order valence-corrected chi connectivity index (χ4v) is 4.36. The molecule has 0 spiro atoms. The smallest absolute Gasteiger partial charge is 0.242 e. The van der Waals surface area contributed by atoms with Crippen LogP contribution >= 0.6 is 0 Å². The van der Waals surface area contributed by atoms with E-state index in [-0.39, 0.29) is 28.4 Å². The van der Waals surface area contributed by atoms with Gasteiger partial charge in [0.25, 0.3) is 0 Å². The number of hydrogen-bond acceptors (Lipinski definition) is 3. The molecule has 0 saturated heterocycles. The van der Waals surface area contributed by atoms with Crippen LogP contribution in [0.5, 0.6) is 0 Å². The number of allylic oxidation sites excluding steroid dienone is 2. The molecule has 0 radical (unpaired) electrons. The Morgan fingerprint density at radius 2 is 1.63 bits per heavy atom. The lowest BCUT2D eigenvalue weighted by Crippen LogP contribution is -2.49. The first-order chi connectivity index (χ1) is 12.4. The van der Waals surface area contributed by atoms with Crippen LogP contribution in [-0.2, 0) is 15.0 Å². The minimum atomic E-state index is -0.138. The molecule has 4 nitrogen and oxygen atoms in total. The summed E-state index contributed by atoms with van der Waals surface area (Å²) in [6.07, 6.45) is 1.63. The van der Waals surface area contributed by atoms with Crippen molar-refractivity contribution in [2.24, 2.45) is 5.41 Å². The van der Waals surface area contributed by atoms with Crippen LogP contribution in [0.4, 0.5) is 0 Å². The standard InChI is InChI=1S/C23H32N2O2/c1-22(2,3)16-10-8-15(9-11-16)17-12-20(27)25(24(6)7)18-13-23(4,5)14-19(26)21(17)18/h8-11,17H,12-14H2,1-7H3/t17-/m0/s1. The quantitative estimate of drug-likeness (QED) is 0.776. The molecule has 0 fully saturated rings. The van der Waals surface area contributed by atoms with Gasteiger partial charge in [-0.2, -0.15) is 0 Å². The summed E-state index contributed by atoms with van der Waals surface area (Å²) in [5.41, 5.74) is 4.01. The number of rotatable bonds is 2. The van der Waals surface area contributed by atoms with Crippen molar-refractivity contribution in [2.75, 3.05) is 14.1 Å². The number of hydrazine groups is 1. The van der Waals surface area contributed by atoms with E-state index in [9.17, 15) is 9.59 Å². The van der Waals surface area contributed by atoms with Crippen molar-refractivity contribution in [3.05, 3.63) is 46.7 Å². The van der Waals surface area contributed by atoms with E-state index in [1.165, 1.54) is 5.56 Å². The molecule has 1 aliphatic heterocycles. The van der Waals surface area contributed by atoms with Crippen LogP contribution < -0.4 is 0 Å². The van der Waals surface area contributed by atoms with E-state index in [1.807, 2.05) is 19.1 Å². The second kappa shape index (κ2) is 6.59. The first kappa shape index (κ1) is 19.8. The Balaban J connectivity index is 2.10. The van der Waals surface area contributed by atoms with Crippen molar-refractivity contribution in [3.63, 3.8) is 0 Å². The van der Waals surface area contributed by atoms with Gasteiger partial charge in [-0.1, -0.05) is 58.9 Å². The molecule has 0 unspecified atom stereocenters. The molecule has 1 atom stereocenters. The van der Waals surface area contributed by atoms with Crippen molar-refractivity contribution in [1.82, 2.24) is 10.0 Å². The lowest BCUT2D eigenvalue weighted by Gasteiger charge is -2.44. The average Bonchev–Trinajstić information content (AvgIpc) is 2.51. The Labute approximate surface area is 163 Å². The third-order valence-corrected chi connectivity index (χ3v) is 5.69. The Hall–Kier alpha value is -1.94. The number of hydrogen-bond donors (Lipinski definition) is 0. The number of carbonyl (C=O) groups is 2. The summed E-state index contributed by atoms with van der Waals surface area (Å²) in [7, 11) is 3.74. The second-order valence-electron chi connectivity index (χ2n) is 9.98. The number of ketones is 1. The lowest BCUT2D eigenvalue weighted by molar-refractivity contribution is -0.143. The van der Waals surface area contributed by atoms with Crippen molar-refractivity contribution < 1.29 is 9.59 Å². The Kier molecular flexibility index (Phi) is 4.84. The maximum absolute atomic E-state index is 13.1. The summed E-state index contributed by atoms with van der Waals surface area (Å²) in [6.45, 7) is 10.8. The largest absolute Gasteiger partial charge is 0.294 e. The molecular formula is C23H32N2O2. The van der Waals surface area contributed by atoms with Gasteiger partial charge >= 0.3 is 0 Å². The van der Waals surface area contributed by atoms with Gasteiger partial charge in [0.1, 0.15) is 0 Å². The van der Waals surface area contributed by atoms with E-state index >= 15 is 0 Å². The molecule has 0 N–H and O–H groups in total. The van der Waals surface area contributed by atoms with Crippen LogP contribution in [0, 0.1) is 5.41 Å². The minimum Gasteiger partial charge on any atom is -0.294 e. The maximum atomic E-state index is 13.1. The molecule has 1 aliphatic carbocycles. The topological polar surface area (TPSA) is 40.6 Å². The highest BCUT2D eigenvalue weighted by Crippen LogP contribution is 2.47. The Bertz CT molecular complexity index is 795. The fourth-order valence-electron chi connectivity index (χ4n) is 4.36. The molecule has 3 rings (SSSR count). The fraction of sp³-hybridized carbons (Fsp3) is 0.565. The zero-order chi connectivity index (χ0) is 20.1. The number of amides is 1. The Morgan fingerprint density at radius 1 is 1.04 bits per heavy atom.